The van der Waals surface area contributed by atoms with E-state index >= 15 is 0 Å². The van der Waals surface area contributed by atoms with Crippen LogP contribution >= 0.6 is 0 Å². The first-order valence-electron chi connectivity index (χ1n) is 8.23. The van der Waals surface area contributed by atoms with Crippen molar-refractivity contribution in [1.82, 2.24) is 0 Å². The van der Waals surface area contributed by atoms with Crippen LogP contribution in [0.5, 0.6) is 0 Å². The smallest absolute Gasteiger partial charge is 0.156 e. The van der Waals surface area contributed by atoms with Gasteiger partial charge in [0.2, 0.25) is 0 Å². The number of aliphatic hydroxyl groups excluding tert-OH is 1. The van der Waals surface area contributed by atoms with Crippen molar-refractivity contribution in [3.63, 3.8) is 0 Å². The third kappa shape index (κ3) is 1.64. The molecule has 0 unspecified atom stereocenters. The Balaban J connectivity index is 1.74. The molecular weight excluding hydrogens is 248 g/mol. The van der Waals surface area contributed by atoms with Crippen LogP contribution < -0.4 is 0 Å². The number of carbonyl (C=O) groups excluding carboxylic acids is 1. The number of hydrogen-bond acceptors (Lipinski definition) is 2. The van der Waals surface area contributed by atoms with Gasteiger partial charge in [0.25, 0.3) is 0 Å². The minimum absolute atomic E-state index is 0.0936. The van der Waals surface area contributed by atoms with Crippen molar-refractivity contribution in [1.29, 1.82) is 0 Å². The summed E-state index contributed by atoms with van der Waals surface area (Å²) in [4.78, 5) is 11.6. The molecule has 0 aromatic rings. The molecule has 4 rings (SSSR count). The molecule has 0 aromatic heterocycles. The summed E-state index contributed by atoms with van der Waals surface area (Å²) in [6.45, 7) is 2.31. The average molecular weight is 272 g/mol. The summed E-state index contributed by atoms with van der Waals surface area (Å²) in [5, 5.41) is 10.4. The predicted octanol–water partition coefficient (Wildman–Crippen LogP) is 3.55. The lowest BCUT2D eigenvalue weighted by molar-refractivity contribution is -0.114. The molecule has 20 heavy (non-hydrogen) atoms. The van der Waals surface area contributed by atoms with Gasteiger partial charge in [0.1, 0.15) is 0 Å². The maximum atomic E-state index is 11.6. The monoisotopic (exact) mass is 272 g/mol. The Morgan fingerprint density at radius 1 is 1.15 bits per heavy atom. The molecular formula is C18H24O2. The summed E-state index contributed by atoms with van der Waals surface area (Å²) in [6.07, 6.45) is 10.2. The Morgan fingerprint density at radius 3 is 2.85 bits per heavy atom. The maximum Gasteiger partial charge on any atom is 0.156 e. The highest BCUT2D eigenvalue weighted by atomic mass is 16.3. The second-order valence-corrected chi connectivity index (χ2v) is 7.49. The van der Waals surface area contributed by atoms with Crippen molar-refractivity contribution < 1.29 is 9.90 Å². The summed E-state index contributed by atoms with van der Waals surface area (Å²) >= 11 is 0. The van der Waals surface area contributed by atoms with Gasteiger partial charge >= 0.3 is 0 Å². The average Bonchev–Trinajstić information content (AvgIpc) is 2.74. The highest BCUT2D eigenvalue weighted by Crippen LogP contribution is 2.59. The van der Waals surface area contributed by atoms with Crippen LogP contribution in [0.3, 0.4) is 0 Å². The van der Waals surface area contributed by atoms with Crippen LogP contribution in [0.15, 0.2) is 22.8 Å². The second kappa shape index (κ2) is 4.30. The molecule has 0 radical (unpaired) electrons. The van der Waals surface area contributed by atoms with Gasteiger partial charge in [0, 0.05) is 6.42 Å². The van der Waals surface area contributed by atoms with Gasteiger partial charge in [-0.1, -0.05) is 12.5 Å². The van der Waals surface area contributed by atoms with Crippen molar-refractivity contribution >= 4 is 5.78 Å². The van der Waals surface area contributed by atoms with Gasteiger partial charge in [0.05, 0.1) is 6.10 Å². The Hall–Kier alpha value is -0.890. The third-order valence-electron chi connectivity index (χ3n) is 6.68. The number of ketones is 1. The van der Waals surface area contributed by atoms with Gasteiger partial charge < -0.3 is 5.11 Å². The molecule has 0 spiro atoms. The first-order chi connectivity index (χ1) is 9.59. The normalized spacial score (nSPS) is 43.8. The molecule has 2 nitrogen and oxygen atoms in total. The van der Waals surface area contributed by atoms with Crippen LogP contribution in [0.1, 0.15) is 58.3 Å². The van der Waals surface area contributed by atoms with E-state index < -0.39 is 0 Å². The SMILES string of the molecule is C[C@]12CCC3=C4CCC(=O)C=C4CC[C@H]3[C@@H]1CC[C@@H]2O. The lowest BCUT2D eigenvalue weighted by atomic mass is 9.57. The number of carbonyl (C=O) groups is 1. The summed E-state index contributed by atoms with van der Waals surface area (Å²) in [7, 11) is 0. The van der Waals surface area contributed by atoms with Crippen molar-refractivity contribution in [2.45, 2.75) is 64.4 Å². The highest BCUT2D eigenvalue weighted by molar-refractivity contribution is 5.93. The third-order valence-corrected chi connectivity index (χ3v) is 6.68. The molecule has 0 aromatic carbocycles. The number of aliphatic hydroxyl groups is 1. The largest absolute Gasteiger partial charge is 0.393 e. The Bertz CT molecular complexity index is 528. The van der Waals surface area contributed by atoms with Crippen LogP contribution in [0, 0.1) is 17.3 Å². The summed E-state index contributed by atoms with van der Waals surface area (Å²) in [5.41, 5.74) is 4.69. The van der Waals surface area contributed by atoms with E-state index in [-0.39, 0.29) is 11.5 Å². The molecule has 0 saturated heterocycles. The maximum absolute atomic E-state index is 11.6. The molecule has 2 saturated carbocycles. The molecule has 0 bridgehead atoms. The fraction of sp³-hybridized carbons (Fsp3) is 0.722. The van der Waals surface area contributed by atoms with E-state index in [1.165, 1.54) is 24.0 Å². The number of rotatable bonds is 0. The topological polar surface area (TPSA) is 37.3 Å². The number of hydrogen-bond donors (Lipinski definition) is 1. The van der Waals surface area contributed by atoms with Gasteiger partial charge in [-0.15, -0.1) is 0 Å². The summed E-state index contributed by atoms with van der Waals surface area (Å²) in [6, 6.07) is 0. The Morgan fingerprint density at radius 2 is 2.00 bits per heavy atom. The number of fused-ring (bicyclic) bond motifs is 4. The van der Waals surface area contributed by atoms with E-state index in [1.54, 1.807) is 5.57 Å². The minimum atomic E-state index is -0.0936. The van der Waals surface area contributed by atoms with Gasteiger partial charge in [-0.05, 0) is 79.4 Å². The van der Waals surface area contributed by atoms with Gasteiger partial charge in [0.15, 0.2) is 5.78 Å². The van der Waals surface area contributed by atoms with E-state index in [0.29, 0.717) is 24.0 Å². The van der Waals surface area contributed by atoms with Crippen molar-refractivity contribution in [2.75, 3.05) is 0 Å². The fourth-order valence-electron chi connectivity index (χ4n) is 5.50. The van der Waals surface area contributed by atoms with E-state index in [1.807, 2.05) is 6.08 Å². The molecule has 2 fully saturated rings. The highest BCUT2D eigenvalue weighted by Gasteiger charge is 2.53. The lowest BCUT2D eigenvalue weighted by Gasteiger charge is -2.48. The van der Waals surface area contributed by atoms with Crippen LogP contribution in [-0.2, 0) is 4.79 Å². The first kappa shape index (κ1) is 12.8. The summed E-state index contributed by atoms with van der Waals surface area (Å²) in [5.74, 6) is 1.68. The van der Waals surface area contributed by atoms with E-state index in [4.69, 9.17) is 0 Å². The van der Waals surface area contributed by atoms with Crippen LogP contribution in [0.25, 0.3) is 0 Å². The summed E-state index contributed by atoms with van der Waals surface area (Å²) < 4.78 is 0. The fourth-order valence-corrected chi connectivity index (χ4v) is 5.50. The molecule has 4 aliphatic carbocycles. The van der Waals surface area contributed by atoms with Crippen LogP contribution in [0.4, 0.5) is 0 Å². The molecule has 4 atom stereocenters. The molecule has 1 N–H and O–H groups in total. The molecule has 0 aliphatic heterocycles. The molecule has 4 aliphatic rings. The van der Waals surface area contributed by atoms with Crippen LogP contribution in [-0.4, -0.2) is 17.0 Å². The number of allylic oxidation sites excluding steroid dienone is 4. The standard InChI is InChI=1S/C18H24O2/c1-18-9-8-14-13-5-3-12(19)10-11(13)2-4-15(14)16(18)6-7-17(18)20/h10,15-17,20H,2-9H2,1H3/t15-,16+,17+,18+/m1/s1. The van der Waals surface area contributed by atoms with Crippen LogP contribution in [0.2, 0.25) is 0 Å². The Kier molecular flexibility index (Phi) is 2.76. The molecule has 108 valence electrons. The minimum Gasteiger partial charge on any atom is -0.393 e. The van der Waals surface area contributed by atoms with Gasteiger partial charge in [-0.2, -0.15) is 0 Å². The quantitative estimate of drug-likeness (QED) is 0.732. The van der Waals surface area contributed by atoms with E-state index in [0.717, 1.165) is 32.1 Å². The molecule has 2 heteroatoms. The predicted molar refractivity (Wildman–Crippen MR) is 78.1 cm³/mol. The molecule has 0 amide bonds. The zero-order chi connectivity index (χ0) is 13.9. The zero-order valence-corrected chi connectivity index (χ0v) is 12.3. The zero-order valence-electron chi connectivity index (χ0n) is 12.3. The lowest BCUT2D eigenvalue weighted by Crippen LogP contribution is -2.42. The first-order valence-corrected chi connectivity index (χ1v) is 8.23. The van der Waals surface area contributed by atoms with E-state index in [9.17, 15) is 9.90 Å². The Labute approximate surface area is 120 Å². The van der Waals surface area contributed by atoms with Crippen molar-refractivity contribution in [2.24, 2.45) is 17.3 Å². The second-order valence-electron chi connectivity index (χ2n) is 7.49. The van der Waals surface area contributed by atoms with E-state index in [2.05, 4.69) is 6.92 Å². The van der Waals surface area contributed by atoms with Gasteiger partial charge in [-0.25, -0.2) is 0 Å². The van der Waals surface area contributed by atoms with Gasteiger partial charge in [-0.3, -0.25) is 4.79 Å². The van der Waals surface area contributed by atoms with Crippen molar-refractivity contribution in [3.8, 4) is 0 Å². The molecule has 0 heterocycles. The van der Waals surface area contributed by atoms with Crippen molar-refractivity contribution in [3.05, 3.63) is 22.8 Å².